The maximum Gasteiger partial charge on any atom is 0.143 e. The van der Waals surface area contributed by atoms with E-state index in [1.165, 1.54) is 0 Å². The van der Waals surface area contributed by atoms with Crippen LogP contribution in [0.5, 0.6) is 5.75 Å². The number of fused-ring (bicyclic) bond motifs is 1. The summed E-state index contributed by atoms with van der Waals surface area (Å²) in [6.45, 7) is 2.87. The van der Waals surface area contributed by atoms with E-state index in [-0.39, 0.29) is 0 Å². The number of ether oxygens (including phenoxy) is 1. The van der Waals surface area contributed by atoms with Gasteiger partial charge in [0.2, 0.25) is 0 Å². The predicted octanol–water partition coefficient (Wildman–Crippen LogP) is 2.92. The summed E-state index contributed by atoms with van der Waals surface area (Å²) in [7, 11) is 0. The number of nitrogens with one attached hydrogen (secondary N) is 1. The van der Waals surface area contributed by atoms with Crippen molar-refractivity contribution in [3.05, 3.63) is 23.2 Å². The van der Waals surface area contributed by atoms with Crippen molar-refractivity contribution in [2.75, 3.05) is 11.9 Å². The van der Waals surface area contributed by atoms with Crippen LogP contribution in [-0.4, -0.2) is 12.6 Å². The molecule has 0 saturated carbocycles. The van der Waals surface area contributed by atoms with Crippen molar-refractivity contribution in [1.29, 1.82) is 0 Å². The highest BCUT2D eigenvalue weighted by atomic mass is 35.5. The van der Waals surface area contributed by atoms with Gasteiger partial charge in [0, 0.05) is 11.1 Å². The third kappa shape index (κ3) is 1.73. The van der Waals surface area contributed by atoms with E-state index in [1.807, 2.05) is 18.2 Å². The van der Waals surface area contributed by atoms with Crippen molar-refractivity contribution < 1.29 is 4.74 Å². The topological polar surface area (TPSA) is 21.3 Å². The minimum Gasteiger partial charge on any atom is -0.489 e. The van der Waals surface area contributed by atoms with Gasteiger partial charge in [0.1, 0.15) is 12.4 Å². The normalized spacial score (nSPS) is 20.0. The molecule has 0 saturated heterocycles. The average molecular weight is 198 g/mol. The predicted molar refractivity (Wildman–Crippen MR) is 54.6 cm³/mol. The van der Waals surface area contributed by atoms with Gasteiger partial charge in [0.05, 0.1) is 11.7 Å². The van der Waals surface area contributed by atoms with Crippen molar-refractivity contribution >= 4 is 17.3 Å². The quantitative estimate of drug-likeness (QED) is 0.748. The lowest BCUT2D eigenvalue weighted by molar-refractivity contribution is 0.281. The van der Waals surface area contributed by atoms with Gasteiger partial charge >= 0.3 is 0 Å². The van der Waals surface area contributed by atoms with E-state index in [4.69, 9.17) is 16.3 Å². The van der Waals surface area contributed by atoms with E-state index < -0.39 is 0 Å². The second kappa shape index (κ2) is 3.46. The second-order valence-electron chi connectivity index (χ2n) is 3.20. The van der Waals surface area contributed by atoms with Gasteiger partial charge in [0.25, 0.3) is 0 Å². The Balaban J connectivity index is 2.26. The molecular formula is C10H12ClNO. The lowest BCUT2D eigenvalue weighted by atomic mass is 10.2. The van der Waals surface area contributed by atoms with Crippen molar-refractivity contribution in [3.8, 4) is 5.75 Å². The first kappa shape index (κ1) is 8.70. The molecule has 1 N–H and O–H groups in total. The summed E-state index contributed by atoms with van der Waals surface area (Å²) >= 11 is 5.84. The Labute approximate surface area is 82.9 Å². The molecule has 0 fully saturated rings. The summed E-state index contributed by atoms with van der Waals surface area (Å²) in [6, 6.07) is 6.10. The fourth-order valence-electron chi connectivity index (χ4n) is 1.41. The maximum absolute atomic E-state index is 5.84. The van der Waals surface area contributed by atoms with Crippen LogP contribution in [-0.2, 0) is 0 Å². The zero-order valence-corrected chi connectivity index (χ0v) is 8.27. The monoisotopic (exact) mass is 197 g/mol. The Bertz CT molecular complexity index is 314. The fraction of sp³-hybridized carbons (Fsp3) is 0.400. The van der Waals surface area contributed by atoms with E-state index in [0.717, 1.165) is 29.5 Å². The first-order chi connectivity index (χ1) is 6.29. The smallest absolute Gasteiger partial charge is 0.143 e. The van der Waals surface area contributed by atoms with Crippen LogP contribution in [0.4, 0.5) is 5.69 Å². The minimum absolute atomic E-state index is 0.425. The summed E-state index contributed by atoms with van der Waals surface area (Å²) < 4.78 is 5.56. The Morgan fingerprint density at radius 1 is 1.62 bits per heavy atom. The minimum atomic E-state index is 0.425. The number of hydrogen-bond acceptors (Lipinski definition) is 2. The molecule has 1 aliphatic rings. The van der Waals surface area contributed by atoms with E-state index in [1.54, 1.807) is 0 Å². The van der Waals surface area contributed by atoms with Crippen LogP contribution in [0.25, 0.3) is 0 Å². The van der Waals surface area contributed by atoms with Crippen LogP contribution in [0.3, 0.4) is 0 Å². The van der Waals surface area contributed by atoms with Gasteiger partial charge in [-0.25, -0.2) is 0 Å². The Morgan fingerprint density at radius 3 is 3.23 bits per heavy atom. The number of rotatable bonds is 1. The Hall–Kier alpha value is -0.890. The molecule has 0 radical (unpaired) electrons. The third-order valence-electron chi connectivity index (χ3n) is 2.24. The van der Waals surface area contributed by atoms with Gasteiger partial charge in [0.15, 0.2) is 0 Å². The zero-order valence-electron chi connectivity index (χ0n) is 7.51. The maximum atomic E-state index is 5.84. The molecule has 13 heavy (non-hydrogen) atoms. The molecule has 0 aromatic heterocycles. The van der Waals surface area contributed by atoms with E-state index in [2.05, 4.69) is 12.2 Å². The molecule has 1 aromatic rings. The van der Waals surface area contributed by atoms with Gasteiger partial charge < -0.3 is 10.1 Å². The number of anilines is 1. The van der Waals surface area contributed by atoms with Gasteiger partial charge in [-0.15, -0.1) is 0 Å². The van der Waals surface area contributed by atoms with Crippen LogP contribution >= 0.6 is 11.6 Å². The summed E-state index contributed by atoms with van der Waals surface area (Å²) in [5, 5.41) is 4.11. The third-order valence-corrected chi connectivity index (χ3v) is 2.47. The average Bonchev–Trinajstić information content (AvgIpc) is 2.17. The standard InChI is InChI=1S/C10H12ClNO/c1-2-8-6-13-10-5-7(11)3-4-9(10)12-8/h3-5,8,12H,2,6H2,1H3. The summed E-state index contributed by atoms with van der Waals surface area (Å²) in [4.78, 5) is 0. The molecule has 0 bridgehead atoms. The molecule has 2 nitrogen and oxygen atoms in total. The molecule has 3 heteroatoms. The van der Waals surface area contributed by atoms with Crippen LogP contribution in [0, 0.1) is 0 Å². The Morgan fingerprint density at radius 2 is 2.46 bits per heavy atom. The molecule has 2 rings (SSSR count). The largest absolute Gasteiger partial charge is 0.489 e. The van der Waals surface area contributed by atoms with Crippen molar-refractivity contribution in [2.45, 2.75) is 19.4 Å². The highest BCUT2D eigenvalue weighted by Crippen LogP contribution is 2.31. The molecule has 0 amide bonds. The van der Waals surface area contributed by atoms with Crippen molar-refractivity contribution in [3.63, 3.8) is 0 Å². The molecule has 0 spiro atoms. The highest BCUT2D eigenvalue weighted by Gasteiger charge is 2.16. The summed E-state index contributed by atoms with van der Waals surface area (Å²) in [5.74, 6) is 0.859. The first-order valence-electron chi connectivity index (χ1n) is 4.48. The van der Waals surface area contributed by atoms with Crippen LogP contribution in [0.1, 0.15) is 13.3 Å². The lowest BCUT2D eigenvalue weighted by Crippen LogP contribution is -2.30. The molecule has 1 aromatic carbocycles. The zero-order chi connectivity index (χ0) is 9.26. The molecule has 1 unspecified atom stereocenters. The SMILES string of the molecule is CCC1COc2cc(Cl)ccc2N1. The highest BCUT2D eigenvalue weighted by molar-refractivity contribution is 6.30. The molecule has 1 atom stereocenters. The number of halogens is 1. The Kier molecular flexibility index (Phi) is 2.32. The molecule has 70 valence electrons. The molecular weight excluding hydrogens is 186 g/mol. The summed E-state index contributed by atoms with van der Waals surface area (Å²) in [5.41, 5.74) is 1.04. The van der Waals surface area contributed by atoms with Crippen LogP contribution in [0.2, 0.25) is 5.02 Å². The van der Waals surface area contributed by atoms with Gasteiger partial charge in [-0.1, -0.05) is 18.5 Å². The lowest BCUT2D eigenvalue weighted by Gasteiger charge is -2.26. The number of benzene rings is 1. The fourth-order valence-corrected chi connectivity index (χ4v) is 1.57. The summed E-state index contributed by atoms with van der Waals surface area (Å²) in [6.07, 6.45) is 1.07. The molecule has 1 aliphatic heterocycles. The van der Waals surface area contributed by atoms with Gasteiger partial charge in [-0.05, 0) is 18.6 Å². The second-order valence-corrected chi connectivity index (χ2v) is 3.64. The number of hydrogen-bond donors (Lipinski definition) is 1. The van der Waals surface area contributed by atoms with Crippen LogP contribution < -0.4 is 10.1 Å². The van der Waals surface area contributed by atoms with Crippen molar-refractivity contribution in [2.24, 2.45) is 0 Å². The molecule has 1 heterocycles. The van der Waals surface area contributed by atoms with Crippen LogP contribution in [0.15, 0.2) is 18.2 Å². The van der Waals surface area contributed by atoms with E-state index in [0.29, 0.717) is 6.04 Å². The van der Waals surface area contributed by atoms with Gasteiger partial charge in [-0.2, -0.15) is 0 Å². The van der Waals surface area contributed by atoms with Gasteiger partial charge in [-0.3, -0.25) is 0 Å². The van der Waals surface area contributed by atoms with E-state index >= 15 is 0 Å². The first-order valence-corrected chi connectivity index (χ1v) is 4.86. The van der Waals surface area contributed by atoms with E-state index in [9.17, 15) is 0 Å². The molecule has 0 aliphatic carbocycles. The van der Waals surface area contributed by atoms with Crippen molar-refractivity contribution in [1.82, 2.24) is 0 Å².